The Morgan fingerprint density at radius 2 is 2.10 bits per heavy atom. The van der Waals surface area contributed by atoms with Gasteiger partial charge in [0.05, 0.1) is 6.04 Å². The van der Waals surface area contributed by atoms with Crippen molar-refractivity contribution in [1.82, 2.24) is 4.90 Å². The number of rotatable bonds is 2. The molecule has 0 unspecified atom stereocenters. The van der Waals surface area contributed by atoms with Crippen LogP contribution >= 0.6 is 0 Å². The summed E-state index contributed by atoms with van der Waals surface area (Å²) in [5.74, 6) is 0. The molecule has 0 aromatic carbocycles. The molecule has 1 saturated heterocycles. The van der Waals surface area contributed by atoms with Gasteiger partial charge >= 0.3 is 0 Å². The van der Waals surface area contributed by atoms with Crippen molar-refractivity contribution in [2.24, 2.45) is 0 Å². The van der Waals surface area contributed by atoms with Crippen LogP contribution in [0, 0.1) is 0 Å². The highest BCUT2D eigenvalue weighted by molar-refractivity contribution is 5.64. The van der Waals surface area contributed by atoms with E-state index in [0.29, 0.717) is 0 Å². The number of carbonyl (C=O) groups excluding carboxylic acids is 2. The normalized spacial score (nSPS) is 26.0. The summed E-state index contributed by atoms with van der Waals surface area (Å²) in [5.41, 5.74) is 0. The van der Waals surface area contributed by atoms with Gasteiger partial charge in [0.25, 0.3) is 0 Å². The van der Waals surface area contributed by atoms with Crippen LogP contribution in [0.4, 0.5) is 0 Å². The van der Waals surface area contributed by atoms with Gasteiger partial charge in [0.15, 0.2) is 0 Å². The largest absolute Gasteiger partial charge is 0.336 e. The number of aldehydes is 1. The van der Waals surface area contributed by atoms with Crippen LogP contribution in [0.25, 0.3) is 0 Å². The number of carbonyl (C=O) groups is 2. The molecule has 1 rings (SSSR count). The van der Waals surface area contributed by atoms with Crippen LogP contribution in [0.15, 0.2) is 0 Å². The van der Waals surface area contributed by atoms with E-state index < -0.39 is 0 Å². The van der Waals surface area contributed by atoms with Crippen LogP contribution in [0.2, 0.25) is 0 Å². The topological polar surface area (TPSA) is 37.4 Å². The molecule has 0 aromatic rings. The van der Waals surface area contributed by atoms with Crippen LogP contribution in [-0.2, 0) is 9.59 Å². The van der Waals surface area contributed by atoms with Gasteiger partial charge in [-0.15, -0.1) is 0 Å². The highest BCUT2D eigenvalue weighted by Gasteiger charge is 2.19. The Labute approximate surface area is 60.0 Å². The van der Waals surface area contributed by atoms with Gasteiger partial charge in [-0.05, 0) is 19.3 Å². The lowest BCUT2D eigenvalue weighted by Gasteiger charge is -2.28. The van der Waals surface area contributed by atoms with E-state index in [-0.39, 0.29) is 6.04 Å². The summed E-state index contributed by atoms with van der Waals surface area (Å²) >= 11 is 0. The van der Waals surface area contributed by atoms with Gasteiger partial charge in [-0.2, -0.15) is 0 Å². The van der Waals surface area contributed by atoms with Crippen molar-refractivity contribution in [3.8, 4) is 0 Å². The van der Waals surface area contributed by atoms with Crippen LogP contribution < -0.4 is 0 Å². The lowest BCUT2D eigenvalue weighted by atomic mass is 10.0. The molecule has 0 aromatic heterocycles. The third-order valence-electron chi connectivity index (χ3n) is 1.88. The minimum absolute atomic E-state index is 0.147. The number of nitrogens with zero attached hydrogens (tertiary/aromatic N) is 1. The third-order valence-corrected chi connectivity index (χ3v) is 1.88. The first kappa shape index (κ1) is 7.25. The summed E-state index contributed by atoms with van der Waals surface area (Å²) < 4.78 is 0. The molecule has 10 heavy (non-hydrogen) atoms. The summed E-state index contributed by atoms with van der Waals surface area (Å²) in [4.78, 5) is 22.2. The summed E-state index contributed by atoms with van der Waals surface area (Å²) in [6, 6.07) is -0.147. The molecular weight excluding hydrogens is 130 g/mol. The minimum atomic E-state index is -0.147. The molecule has 0 bridgehead atoms. The fourth-order valence-electron chi connectivity index (χ4n) is 1.26. The van der Waals surface area contributed by atoms with E-state index in [2.05, 4.69) is 0 Å². The molecule has 3 heteroatoms. The Morgan fingerprint density at radius 3 is 2.60 bits per heavy atom. The molecule has 1 amide bonds. The monoisotopic (exact) mass is 141 g/mol. The molecular formula is C7H11NO2. The molecule has 0 N–H and O–H groups in total. The van der Waals surface area contributed by atoms with E-state index >= 15 is 0 Å². The number of amides is 1. The number of hydrogen-bond acceptors (Lipinski definition) is 2. The van der Waals surface area contributed by atoms with Gasteiger partial charge in [-0.3, -0.25) is 4.79 Å². The zero-order valence-corrected chi connectivity index (χ0v) is 5.82. The molecule has 3 nitrogen and oxygen atoms in total. The van der Waals surface area contributed by atoms with E-state index in [1.54, 1.807) is 4.90 Å². The second-order valence-corrected chi connectivity index (χ2v) is 2.54. The van der Waals surface area contributed by atoms with Crippen LogP contribution in [-0.4, -0.2) is 30.2 Å². The van der Waals surface area contributed by atoms with Gasteiger partial charge in [-0.25, -0.2) is 0 Å². The molecule has 0 radical (unpaired) electrons. The molecule has 0 saturated carbocycles. The van der Waals surface area contributed by atoms with E-state index in [4.69, 9.17) is 0 Å². The zero-order valence-electron chi connectivity index (χ0n) is 5.82. The van der Waals surface area contributed by atoms with Crippen molar-refractivity contribution < 1.29 is 9.59 Å². The Hall–Kier alpha value is -0.860. The van der Waals surface area contributed by atoms with Gasteiger partial charge in [0, 0.05) is 6.54 Å². The molecule has 56 valence electrons. The van der Waals surface area contributed by atoms with Crippen molar-refractivity contribution in [2.45, 2.75) is 25.3 Å². The van der Waals surface area contributed by atoms with Crippen molar-refractivity contribution in [3.05, 3.63) is 0 Å². The molecule has 1 aliphatic heterocycles. The van der Waals surface area contributed by atoms with E-state index in [1.165, 1.54) is 0 Å². The number of hydrogen-bond donors (Lipinski definition) is 0. The molecule has 0 aliphatic carbocycles. The molecule has 1 fully saturated rings. The fourth-order valence-corrected chi connectivity index (χ4v) is 1.26. The van der Waals surface area contributed by atoms with Gasteiger partial charge < -0.3 is 9.69 Å². The van der Waals surface area contributed by atoms with Crippen LogP contribution in [0.5, 0.6) is 0 Å². The Morgan fingerprint density at radius 1 is 1.30 bits per heavy atom. The average molecular weight is 141 g/mol. The third kappa shape index (κ3) is 1.35. The smallest absolute Gasteiger partial charge is 0.210 e. The lowest BCUT2D eigenvalue weighted by Crippen LogP contribution is -2.39. The van der Waals surface area contributed by atoms with Gasteiger partial charge in [-0.1, -0.05) is 0 Å². The van der Waals surface area contributed by atoms with E-state index in [1.807, 2.05) is 0 Å². The average Bonchev–Trinajstić information content (AvgIpc) is 2.04. The quantitative estimate of drug-likeness (QED) is 0.515. The predicted octanol–water partition coefficient (Wildman–Crippen LogP) is 0.196. The highest BCUT2D eigenvalue weighted by atomic mass is 16.1. The SMILES string of the molecule is O=C[C@@H]1CCCCN1C=O. The first-order valence-electron chi connectivity index (χ1n) is 3.55. The van der Waals surface area contributed by atoms with Crippen molar-refractivity contribution >= 4 is 12.7 Å². The minimum Gasteiger partial charge on any atom is -0.336 e. The maximum absolute atomic E-state index is 10.3. The predicted molar refractivity (Wildman–Crippen MR) is 36.5 cm³/mol. The number of piperidine rings is 1. The first-order valence-corrected chi connectivity index (χ1v) is 3.55. The lowest BCUT2D eigenvalue weighted by molar-refractivity contribution is -0.126. The first-order chi connectivity index (χ1) is 4.88. The zero-order chi connectivity index (χ0) is 7.40. The molecule has 1 atom stereocenters. The molecule has 1 aliphatic rings. The van der Waals surface area contributed by atoms with Crippen LogP contribution in [0.1, 0.15) is 19.3 Å². The second kappa shape index (κ2) is 3.34. The van der Waals surface area contributed by atoms with E-state index in [0.717, 1.165) is 38.5 Å². The Balaban J connectivity index is 2.49. The maximum Gasteiger partial charge on any atom is 0.210 e. The van der Waals surface area contributed by atoms with Gasteiger partial charge in [0.2, 0.25) is 6.41 Å². The summed E-state index contributed by atoms with van der Waals surface area (Å²) in [6.45, 7) is 0.743. The van der Waals surface area contributed by atoms with Crippen molar-refractivity contribution in [1.29, 1.82) is 0 Å². The van der Waals surface area contributed by atoms with Crippen molar-refractivity contribution in [3.63, 3.8) is 0 Å². The Bertz CT molecular complexity index is 120. The summed E-state index contributed by atoms with van der Waals surface area (Å²) in [6.07, 6.45) is 4.55. The summed E-state index contributed by atoms with van der Waals surface area (Å²) in [7, 11) is 0. The fraction of sp³-hybridized carbons (Fsp3) is 0.714. The second-order valence-electron chi connectivity index (χ2n) is 2.54. The van der Waals surface area contributed by atoms with Crippen molar-refractivity contribution in [2.75, 3.05) is 6.54 Å². The maximum atomic E-state index is 10.3. The Kier molecular flexibility index (Phi) is 2.42. The molecule has 0 spiro atoms. The standard InChI is InChI=1S/C7H11NO2/c9-5-7-3-1-2-4-8(7)6-10/h5-7H,1-4H2/t7-/m0/s1. The molecule has 1 heterocycles. The number of likely N-dealkylation sites (tertiary alicyclic amines) is 1. The summed E-state index contributed by atoms with van der Waals surface area (Å²) in [5, 5.41) is 0. The highest BCUT2D eigenvalue weighted by Crippen LogP contribution is 2.12. The van der Waals surface area contributed by atoms with E-state index in [9.17, 15) is 9.59 Å². The van der Waals surface area contributed by atoms with Gasteiger partial charge in [0.1, 0.15) is 6.29 Å². The van der Waals surface area contributed by atoms with Crippen LogP contribution in [0.3, 0.4) is 0 Å².